The predicted octanol–water partition coefficient (Wildman–Crippen LogP) is 5.34. The van der Waals surface area contributed by atoms with Gasteiger partial charge in [0.05, 0.1) is 23.2 Å². The maximum absolute atomic E-state index is 13.5. The van der Waals surface area contributed by atoms with E-state index in [1.165, 1.54) is 28.9 Å². The fourth-order valence-corrected chi connectivity index (χ4v) is 5.22. The van der Waals surface area contributed by atoms with Gasteiger partial charge >= 0.3 is 5.97 Å². The molecule has 1 heterocycles. The van der Waals surface area contributed by atoms with Crippen molar-refractivity contribution in [1.29, 1.82) is 0 Å². The van der Waals surface area contributed by atoms with E-state index in [0.717, 1.165) is 10.5 Å². The largest absolute Gasteiger partial charge is 0.478 e. The first kappa shape index (κ1) is 27.4. The summed E-state index contributed by atoms with van der Waals surface area (Å²) in [6, 6.07) is 31.1. The number of hydrogen-bond donors (Lipinski definition) is 3. The smallest absolute Gasteiger partial charge is 0.336 e. The molecule has 0 fully saturated rings. The van der Waals surface area contributed by atoms with Crippen LogP contribution in [0.15, 0.2) is 119 Å². The van der Waals surface area contributed by atoms with E-state index in [4.69, 9.17) is 0 Å². The van der Waals surface area contributed by atoms with Gasteiger partial charge in [0.2, 0.25) is 5.91 Å². The lowest BCUT2D eigenvalue weighted by molar-refractivity contribution is -0.119. The van der Waals surface area contributed by atoms with Crippen LogP contribution in [0.25, 0.3) is 0 Å². The normalized spacial score (nSPS) is 13.3. The molecule has 1 aliphatic rings. The van der Waals surface area contributed by atoms with Crippen LogP contribution in [0, 0.1) is 0 Å². The highest BCUT2D eigenvalue weighted by Gasteiger charge is 2.29. The summed E-state index contributed by atoms with van der Waals surface area (Å²) in [5, 5.41) is 19.9. The van der Waals surface area contributed by atoms with E-state index in [9.17, 15) is 24.3 Å². The van der Waals surface area contributed by atoms with E-state index in [0.29, 0.717) is 11.4 Å². The third-order valence-electron chi connectivity index (χ3n) is 6.15. The molecule has 10 heteroatoms. The number of anilines is 2. The molecule has 0 aromatic heterocycles. The van der Waals surface area contributed by atoms with Crippen LogP contribution in [-0.4, -0.2) is 34.6 Å². The molecular weight excluding hydrogens is 540 g/mol. The molecule has 0 radical (unpaired) electrons. The van der Waals surface area contributed by atoms with Gasteiger partial charge in [0.25, 0.3) is 11.8 Å². The lowest BCUT2D eigenvalue weighted by Gasteiger charge is -2.17. The molecule has 4 aromatic carbocycles. The van der Waals surface area contributed by atoms with E-state index in [1.54, 1.807) is 48.5 Å². The van der Waals surface area contributed by atoms with Crippen molar-refractivity contribution >= 4 is 52.7 Å². The third kappa shape index (κ3) is 6.51. The van der Waals surface area contributed by atoms with Gasteiger partial charge in [0.1, 0.15) is 11.1 Å². The van der Waals surface area contributed by atoms with Gasteiger partial charge < -0.3 is 15.7 Å². The maximum Gasteiger partial charge on any atom is 0.336 e. The zero-order chi connectivity index (χ0) is 28.8. The molecule has 5 rings (SSSR count). The number of benzene rings is 4. The number of aromatic carboxylic acids is 1. The van der Waals surface area contributed by atoms with E-state index >= 15 is 0 Å². The number of thioether (sulfide) groups is 1. The van der Waals surface area contributed by atoms with Crippen molar-refractivity contribution in [2.45, 2.75) is 16.6 Å². The Kier molecular flexibility index (Phi) is 8.21. The highest BCUT2D eigenvalue weighted by molar-refractivity contribution is 8.00. The number of para-hydroxylation sites is 1. The van der Waals surface area contributed by atoms with Gasteiger partial charge in [-0.1, -0.05) is 60.7 Å². The predicted molar refractivity (Wildman–Crippen MR) is 157 cm³/mol. The van der Waals surface area contributed by atoms with Crippen molar-refractivity contribution in [3.8, 4) is 0 Å². The highest BCUT2D eigenvalue weighted by atomic mass is 32.2. The van der Waals surface area contributed by atoms with Gasteiger partial charge in [-0.15, -0.1) is 11.8 Å². The molecule has 0 aliphatic carbocycles. The van der Waals surface area contributed by atoms with Gasteiger partial charge in [-0.05, 0) is 54.1 Å². The Labute approximate surface area is 239 Å². The summed E-state index contributed by atoms with van der Waals surface area (Å²) in [7, 11) is 0. The number of nitrogens with zero attached hydrogens (tertiary/aromatic N) is 2. The number of carboxylic acid groups (broad SMARTS) is 1. The van der Waals surface area contributed by atoms with Crippen molar-refractivity contribution in [2.24, 2.45) is 5.10 Å². The fourth-order valence-electron chi connectivity index (χ4n) is 4.20. The van der Waals surface area contributed by atoms with Crippen LogP contribution < -0.4 is 15.6 Å². The van der Waals surface area contributed by atoms with Gasteiger partial charge in [-0.25, -0.2) is 4.79 Å². The number of hydrazone groups is 1. The first-order valence-electron chi connectivity index (χ1n) is 12.6. The summed E-state index contributed by atoms with van der Waals surface area (Å²) >= 11 is 1.31. The summed E-state index contributed by atoms with van der Waals surface area (Å²) in [6.07, 6.45) is -0.0216. The second-order valence-electron chi connectivity index (χ2n) is 8.99. The molecule has 0 bridgehead atoms. The second kappa shape index (κ2) is 12.3. The molecule has 0 spiro atoms. The van der Waals surface area contributed by atoms with E-state index in [2.05, 4.69) is 15.7 Å². The van der Waals surface area contributed by atoms with Crippen LogP contribution in [0.4, 0.5) is 11.4 Å². The first-order chi connectivity index (χ1) is 19.9. The molecule has 1 atom stereocenters. The minimum atomic E-state index is -1.19. The zero-order valence-electron chi connectivity index (χ0n) is 21.6. The van der Waals surface area contributed by atoms with Crippen molar-refractivity contribution in [3.05, 3.63) is 126 Å². The molecule has 204 valence electrons. The Bertz CT molecular complexity index is 1630. The Hall–Kier alpha value is -5.22. The third-order valence-corrected chi connectivity index (χ3v) is 7.42. The second-order valence-corrected chi connectivity index (χ2v) is 10.2. The molecule has 4 aromatic rings. The topological polar surface area (TPSA) is 128 Å². The van der Waals surface area contributed by atoms with Crippen LogP contribution in [0.5, 0.6) is 0 Å². The van der Waals surface area contributed by atoms with Crippen molar-refractivity contribution in [2.75, 3.05) is 10.3 Å². The molecular formula is C31H24N4O5S. The highest BCUT2D eigenvalue weighted by Crippen LogP contribution is 2.36. The van der Waals surface area contributed by atoms with Crippen molar-refractivity contribution < 1.29 is 24.3 Å². The number of carboxylic acids is 1. The van der Waals surface area contributed by atoms with Crippen LogP contribution >= 0.6 is 11.8 Å². The maximum atomic E-state index is 13.5. The Morgan fingerprint density at radius 3 is 2.05 bits per heavy atom. The lowest BCUT2D eigenvalue weighted by atomic mass is 10.1. The van der Waals surface area contributed by atoms with Gasteiger partial charge in [0.15, 0.2) is 0 Å². The van der Waals surface area contributed by atoms with Crippen molar-refractivity contribution in [1.82, 2.24) is 5.32 Å². The number of rotatable bonds is 8. The Morgan fingerprint density at radius 2 is 1.39 bits per heavy atom. The first-order valence-corrected chi connectivity index (χ1v) is 13.5. The minimum Gasteiger partial charge on any atom is -0.478 e. The van der Waals surface area contributed by atoms with Gasteiger partial charge in [-0.2, -0.15) is 10.1 Å². The van der Waals surface area contributed by atoms with Crippen LogP contribution in [-0.2, 0) is 9.59 Å². The molecule has 1 unspecified atom stereocenters. The number of nitrogens with one attached hydrogen (secondary N) is 2. The molecule has 41 heavy (non-hydrogen) atoms. The fraction of sp³-hybridized carbons (Fsp3) is 0.0645. The SMILES string of the molecule is O=C(O)c1ccccc1C(=O)Nc1ccc(SC(C(=O)NC2=NN(c3ccccc3)C(=O)C2)c2ccccc2)cc1. The van der Waals surface area contributed by atoms with E-state index in [1.807, 2.05) is 48.5 Å². The number of hydrogen-bond acceptors (Lipinski definition) is 6. The molecule has 0 saturated carbocycles. The standard InChI is InChI=1S/C31H24N4O5S/c36-27-19-26(34-35(27)22-11-5-2-6-12-22)33-30(38)28(20-9-3-1-4-10-20)41-23-17-15-21(16-18-23)32-29(37)24-13-7-8-14-25(24)31(39)40/h1-18,28H,19H2,(H,32,37)(H,39,40)(H,33,34,38). The lowest BCUT2D eigenvalue weighted by Crippen LogP contribution is -2.33. The number of carbonyl (C=O) groups is 4. The number of amidine groups is 1. The average molecular weight is 565 g/mol. The Morgan fingerprint density at radius 1 is 0.780 bits per heavy atom. The average Bonchev–Trinajstić information content (AvgIpc) is 3.37. The molecule has 0 saturated heterocycles. The van der Waals surface area contributed by atoms with Crippen molar-refractivity contribution in [3.63, 3.8) is 0 Å². The number of amides is 3. The summed E-state index contributed by atoms with van der Waals surface area (Å²) in [4.78, 5) is 50.9. The van der Waals surface area contributed by atoms with Crippen LogP contribution in [0.1, 0.15) is 38.0 Å². The van der Waals surface area contributed by atoms with E-state index in [-0.39, 0.29) is 35.2 Å². The monoisotopic (exact) mass is 564 g/mol. The quantitative estimate of drug-likeness (QED) is 0.248. The summed E-state index contributed by atoms with van der Waals surface area (Å²) in [5.41, 5.74) is 1.82. The zero-order valence-corrected chi connectivity index (χ0v) is 22.4. The Balaban J connectivity index is 1.30. The van der Waals surface area contributed by atoms with Gasteiger partial charge in [-0.3, -0.25) is 14.4 Å². The molecule has 3 N–H and O–H groups in total. The number of carbonyl (C=O) groups excluding carboxylic acids is 3. The summed E-state index contributed by atoms with van der Waals surface area (Å²) in [6.45, 7) is 0. The summed E-state index contributed by atoms with van der Waals surface area (Å²) in [5.74, 6) is -2.02. The molecule has 9 nitrogen and oxygen atoms in total. The molecule has 1 aliphatic heterocycles. The van der Waals surface area contributed by atoms with Crippen LogP contribution in [0.2, 0.25) is 0 Å². The van der Waals surface area contributed by atoms with Gasteiger partial charge in [0, 0.05) is 10.6 Å². The summed E-state index contributed by atoms with van der Waals surface area (Å²) < 4.78 is 0. The minimum absolute atomic E-state index is 0.0216. The molecule has 3 amide bonds. The van der Waals surface area contributed by atoms with Crippen LogP contribution in [0.3, 0.4) is 0 Å². The van der Waals surface area contributed by atoms with E-state index < -0.39 is 17.1 Å².